The van der Waals surface area contributed by atoms with Crippen LogP contribution in [0.25, 0.3) is 27.6 Å². The second kappa shape index (κ2) is 6.69. The lowest BCUT2D eigenvalue weighted by molar-refractivity contribution is 0.183. The van der Waals surface area contributed by atoms with E-state index in [0.29, 0.717) is 39.5 Å². The van der Waals surface area contributed by atoms with Gasteiger partial charge in [-0.3, -0.25) is 19.3 Å². The molecule has 0 aromatic carbocycles. The van der Waals surface area contributed by atoms with E-state index in [1.807, 2.05) is 16.8 Å². The zero-order valence-corrected chi connectivity index (χ0v) is 16.5. The Labute approximate surface area is 167 Å². The maximum atomic E-state index is 13.3. The van der Waals surface area contributed by atoms with Crippen molar-refractivity contribution in [1.29, 1.82) is 0 Å². The Morgan fingerprint density at radius 1 is 1.00 bits per heavy atom. The van der Waals surface area contributed by atoms with Crippen LogP contribution in [0.15, 0.2) is 52.4 Å². The number of H-pyrrole nitrogens is 1. The Kier molecular flexibility index (Phi) is 4.12. The summed E-state index contributed by atoms with van der Waals surface area (Å²) >= 11 is 0. The van der Waals surface area contributed by atoms with E-state index in [0.717, 1.165) is 12.8 Å². The van der Waals surface area contributed by atoms with Gasteiger partial charge in [-0.15, -0.1) is 0 Å². The summed E-state index contributed by atoms with van der Waals surface area (Å²) in [6, 6.07) is 7.28. The van der Waals surface area contributed by atoms with Crippen LogP contribution in [0.1, 0.15) is 39.2 Å². The standard InChI is InChI=1S/C22H23N5O2/c1-13-4-3-5-19(14(13)2)26-10-7-17-15(21(26)28)12-16-18(24-17)8-11-27(22(16)29)20-6-9-23-25-20/h6-14,19H,3-5H2,1-2H3,(H,23,25)/t13-,14+,19-/m1/s1. The van der Waals surface area contributed by atoms with Gasteiger partial charge in [0.15, 0.2) is 0 Å². The molecule has 1 fully saturated rings. The minimum Gasteiger partial charge on any atom is -0.312 e. The van der Waals surface area contributed by atoms with Crippen LogP contribution in [-0.4, -0.2) is 24.3 Å². The Hall–Kier alpha value is -3.22. The van der Waals surface area contributed by atoms with Crippen LogP contribution in [0.3, 0.4) is 0 Å². The van der Waals surface area contributed by atoms with E-state index >= 15 is 0 Å². The highest BCUT2D eigenvalue weighted by atomic mass is 16.1. The Bertz CT molecular complexity index is 1320. The molecule has 4 heterocycles. The molecule has 29 heavy (non-hydrogen) atoms. The molecular formula is C22H23N5O2. The number of nitrogens with zero attached hydrogens (tertiary/aromatic N) is 4. The van der Waals surface area contributed by atoms with Gasteiger partial charge in [0.2, 0.25) is 0 Å². The van der Waals surface area contributed by atoms with Crippen molar-refractivity contribution in [2.45, 2.75) is 39.2 Å². The van der Waals surface area contributed by atoms with Crippen LogP contribution >= 0.6 is 0 Å². The van der Waals surface area contributed by atoms with Crippen molar-refractivity contribution < 1.29 is 0 Å². The monoisotopic (exact) mass is 389 g/mol. The summed E-state index contributed by atoms with van der Waals surface area (Å²) < 4.78 is 3.34. The molecule has 1 aliphatic rings. The zero-order chi connectivity index (χ0) is 20.1. The van der Waals surface area contributed by atoms with Crippen LogP contribution < -0.4 is 11.1 Å². The molecule has 0 spiro atoms. The molecule has 3 atom stereocenters. The van der Waals surface area contributed by atoms with Crippen molar-refractivity contribution in [3.05, 3.63) is 63.6 Å². The molecule has 5 rings (SSSR count). The Balaban J connectivity index is 1.72. The van der Waals surface area contributed by atoms with Gasteiger partial charge in [-0.2, -0.15) is 5.10 Å². The number of aromatic nitrogens is 5. The number of rotatable bonds is 2. The predicted octanol–water partition coefficient (Wildman–Crippen LogP) is 3.42. The largest absolute Gasteiger partial charge is 0.312 e. The second-order valence-electron chi connectivity index (χ2n) is 8.15. The van der Waals surface area contributed by atoms with Gasteiger partial charge in [0.25, 0.3) is 11.1 Å². The normalized spacial score (nSPS) is 22.3. The van der Waals surface area contributed by atoms with Crippen LogP contribution in [0.5, 0.6) is 0 Å². The number of aromatic amines is 1. The van der Waals surface area contributed by atoms with E-state index in [1.54, 1.807) is 30.6 Å². The summed E-state index contributed by atoms with van der Waals surface area (Å²) in [5.74, 6) is 1.60. The first kappa shape index (κ1) is 17.8. The molecule has 4 aromatic rings. The fourth-order valence-electron chi connectivity index (χ4n) is 4.62. The highest BCUT2D eigenvalue weighted by molar-refractivity contribution is 5.91. The SMILES string of the molecule is C[C@H]1[C@H](C)CCC[C@H]1n1ccc2nc3ccn(-c4ccn[nH]4)c(=O)c3cc2c1=O. The maximum Gasteiger partial charge on any atom is 0.265 e. The smallest absolute Gasteiger partial charge is 0.265 e. The summed E-state index contributed by atoms with van der Waals surface area (Å²) in [6.45, 7) is 4.49. The Morgan fingerprint density at radius 2 is 1.76 bits per heavy atom. The first-order valence-corrected chi connectivity index (χ1v) is 10.1. The van der Waals surface area contributed by atoms with Gasteiger partial charge in [0.1, 0.15) is 5.82 Å². The molecule has 0 bridgehead atoms. The third kappa shape index (κ3) is 2.80. The first-order chi connectivity index (χ1) is 14.0. The van der Waals surface area contributed by atoms with Crippen LogP contribution in [0, 0.1) is 11.8 Å². The number of hydrogen-bond donors (Lipinski definition) is 1. The molecule has 148 valence electrons. The average molecular weight is 389 g/mol. The highest BCUT2D eigenvalue weighted by Gasteiger charge is 2.29. The molecule has 1 saturated carbocycles. The van der Waals surface area contributed by atoms with E-state index in [1.165, 1.54) is 11.0 Å². The fraction of sp³-hybridized carbons (Fsp3) is 0.364. The lowest BCUT2D eigenvalue weighted by Gasteiger charge is -2.35. The maximum absolute atomic E-state index is 13.3. The number of hydrogen-bond acceptors (Lipinski definition) is 4. The van der Waals surface area contributed by atoms with Crippen molar-refractivity contribution in [1.82, 2.24) is 24.3 Å². The topological polar surface area (TPSA) is 85.6 Å². The summed E-state index contributed by atoms with van der Waals surface area (Å²) in [5, 5.41) is 7.62. The third-order valence-electron chi connectivity index (χ3n) is 6.54. The van der Waals surface area contributed by atoms with Gasteiger partial charge in [-0.25, -0.2) is 4.98 Å². The van der Waals surface area contributed by atoms with Crippen molar-refractivity contribution in [3.63, 3.8) is 0 Å². The van der Waals surface area contributed by atoms with E-state index in [9.17, 15) is 9.59 Å². The molecule has 0 amide bonds. The van der Waals surface area contributed by atoms with Crippen LogP contribution in [-0.2, 0) is 0 Å². The van der Waals surface area contributed by atoms with Gasteiger partial charge in [0, 0.05) is 24.5 Å². The number of nitrogens with one attached hydrogen (secondary N) is 1. The number of fused-ring (bicyclic) bond motifs is 2. The Morgan fingerprint density at radius 3 is 2.52 bits per heavy atom. The molecule has 4 aromatic heterocycles. The lowest BCUT2D eigenvalue weighted by Crippen LogP contribution is -2.33. The molecule has 7 heteroatoms. The van der Waals surface area contributed by atoms with Crippen molar-refractivity contribution in [2.24, 2.45) is 11.8 Å². The van der Waals surface area contributed by atoms with Gasteiger partial charge in [-0.1, -0.05) is 26.7 Å². The second-order valence-corrected chi connectivity index (χ2v) is 8.15. The zero-order valence-electron chi connectivity index (χ0n) is 16.5. The molecule has 1 N–H and O–H groups in total. The quantitative estimate of drug-likeness (QED) is 0.532. The van der Waals surface area contributed by atoms with Gasteiger partial charge < -0.3 is 4.57 Å². The van der Waals surface area contributed by atoms with Crippen LogP contribution in [0.2, 0.25) is 0 Å². The molecule has 0 aliphatic heterocycles. The number of pyridine rings is 3. The minimum atomic E-state index is -0.226. The van der Waals surface area contributed by atoms with Gasteiger partial charge >= 0.3 is 0 Å². The van der Waals surface area contributed by atoms with Crippen molar-refractivity contribution in [3.8, 4) is 5.82 Å². The molecule has 0 unspecified atom stereocenters. The summed E-state index contributed by atoms with van der Waals surface area (Å²) in [6.07, 6.45) is 8.48. The summed E-state index contributed by atoms with van der Waals surface area (Å²) in [4.78, 5) is 31.0. The molecule has 0 saturated heterocycles. The molecule has 0 radical (unpaired) electrons. The third-order valence-corrected chi connectivity index (χ3v) is 6.54. The first-order valence-electron chi connectivity index (χ1n) is 10.1. The van der Waals surface area contributed by atoms with E-state index < -0.39 is 0 Å². The average Bonchev–Trinajstić information content (AvgIpc) is 3.25. The molecule has 7 nitrogen and oxygen atoms in total. The predicted molar refractivity (Wildman–Crippen MR) is 112 cm³/mol. The van der Waals surface area contributed by atoms with Crippen LogP contribution in [0.4, 0.5) is 0 Å². The fourth-order valence-corrected chi connectivity index (χ4v) is 4.62. The van der Waals surface area contributed by atoms with Crippen molar-refractivity contribution in [2.75, 3.05) is 0 Å². The summed E-state index contributed by atoms with van der Waals surface area (Å²) in [5.41, 5.74) is 0.902. The highest BCUT2D eigenvalue weighted by Crippen LogP contribution is 2.37. The van der Waals surface area contributed by atoms with Crippen molar-refractivity contribution >= 4 is 21.8 Å². The summed E-state index contributed by atoms with van der Waals surface area (Å²) in [7, 11) is 0. The lowest BCUT2D eigenvalue weighted by atomic mass is 9.78. The van der Waals surface area contributed by atoms with Gasteiger partial charge in [0.05, 0.1) is 28.0 Å². The molecule has 1 aliphatic carbocycles. The van der Waals surface area contributed by atoms with E-state index in [-0.39, 0.29) is 17.2 Å². The minimum absolute atomic E-state index is 0.0702. The van der Waals surface area contributed by atoms with Gasteiger partial charge in [-0.05, 0) is 36.5 Å². The van der Waals surface area contributed by atoms with E-state index in [4.69, 9.17) is 0 Å². The molecular weight excluding hydrogens is 366 g/mol. The van der Waals surface area contributed by atoms with E-state index in [2.05, 4.69) is 29.0 Å².